The van der Waals surface area contributed by atoms with E-state index in [1.54, 1.807) is 6.08 Å². The van der Waals surface area contributed by atoms with E-state index in [4.69, 9.17) is 28.4 Å². The Kier molecular flexibility index (Phi) is 32.8. The van der Waals surface area contributed by atoms with Crippen molar-refractivity contribution in [1.29, 1.82) is 0 Å². The molecule has 17 atom stereocenters. The zero-order chi connectivity index (χ0) is 53.4. The molecule has 19 nitrogen and oxygen atoms in total. The van der Waals surface area contributed by atoms with Gasteiger partial charge in [0.1, 0.15) is 73.2 Å². The highest BCUT2D eigenvalue weighted by atomic mass is 16.8. The van der Waals surface area contributed by atoms with E-state index in [0.717, 1.165) is 64.2 Å². The number of hydrogen-bond donors (Lipinski definition) is 12. The van der Waals surface area contributed by atoms with Crippen molar-refractivity contribution in [2.24, 2.45) is 0 Å². The first-order valence-corrected chi connectivity index (χ1v) is 26.0. The summed E-state index contributed by atoms with van der Waals surface area (Å²) in [5, 5.41) is 119. The summed E-state index contributed by atoms with van der Waals surface area (Å²) in [4.78, 5) is 13.1. The lowest BCUT2D eigenvalue weighted by Gasteiger charge is -2.48. The van der Waals surface area contributed by atoms with Crippen LogP contribution in [0.2, 0.25) is 0 Å². The average molecular weight is 1040 g/mol. The first-order chi connectivity index (χ1) is 35.3. The summed E-state index contributed by atoms with van der Waals surface area (Å²) in [5.74, 6) is -0.348. The molecule has 0 saturated carbocycles. The van der Waals surface area contributed by atoms with Crippen molar-refractivity contribution in [3.8, 4) is 0 Å². The highest BCUT2D eigenvalue weighted by Crippen LogP contribution is 2.33. The van der Waals surface area contributed by atoms with Crippen LogP contribution >= 0.6 is 0 Å². The smallest absolute Gasteiger partial charge is 0.220 e. The molecule has 19 heteroatoms. The van der Waals surface area contributed by atoms with Crippen molar-refractivity contribution in [2.45, 2.75) is 208 Å². The Hall–Kier alpha value is -3.29. The van der Waals surface area contributed by atoms with Crippen molar-refractivity contribution >= 4 is 5.91 Å². The van der Waals surface area contributed by atoms with Gasteiger partial charge in [-0.25, -0.2) is 0 Å². The molecule has 3 heterocycles. The van der Waals surface area contributed by atoms with Gasteiger partial charge in [0.15, 0.2) is 18.9 Å². The van der Waals surface area contributed by atoms with Crippen LogP contribution < -0.4 is 5.32 Å². The second-order valence-corrected chi connectivity index (χ2v) is 18.2. The number of ether oxygens (including phenoxy) is 6. The van der Waals surface area contributed by atoms with E-state index in [0.29, 0.717) is 19.3 Å². The average Bonchev–Trinajstić information content (AvgIpc) is 3.38. The first kappa shape index (κ1) is 64.0. The molecule has 0 aromatic heterocycles. The second kappa shape index (κ2) is 37.5. The highest BCUT2D eigenvalue weighted by Gasteiger charge is 2.53. The molecule has 0 aromatic rings. The molecule has 12 N–H and O–H groups in total. The van der Waals surface area contributed by atoms with Crippen molar-refractivity contribution in [3.63, 3.8) is 0 Å². The molecule has 3 saturated heterocycles. The quantitative estimate of drug-likeness (QED) is 0.0325. The Morgan fingerprint density at radius 2 is 0.932 bits per heavy atom. The van der Waals surface area contributed by atoms with E-state index >= 15 is 0 Å². The van der Waals surface area contributed by atoms with E-state index in [2.05, 4.69) is 92.1 Å². The first-order valence-electron chi connectivity index (χ1n) is 26.0. The number of amides is 1. The van der Waals surface area contributed by atoms with Crippen LogP contribution in [0.5, 0.6) is 0 Å². The minimum Gasteiger partial charge on any atom is -0.394 e. The number of aliphatic hydroxyl groups excluding tert-OH is 11. The molecule has 416 valence electrons. The predicted octanol–water partition coefficient (Wildman–Crippen LogP) is 2.25. The molecular formula is C54H87NO18. The largest absolute Gasteiger partial charge is 0.394 e. The lowest BCUT2D eigenvalue weighted by Crippen LogP contribution is -2.66. The number of rotatable bonds is 34. The third-order valence-electron chi connectivity index (χ3n) is 12.4. The molecule has 1 amide bonds. The summed E-state index contributed by atoms with van der Waals surface area (Å²) in [6.45, 7) is 1.37. The fraction of sp³-hybridized carbons (Fsp3) is 0.685. The molecule has 0 bridgehead atoms. The highest BCUT2D eigenvalue weighted by molar-refractivity contribution is 5.76. The Bertz CT molecular complexity index is 1720. The molecular weight excluding hydrogens is 951 g/mol. The fourth-order valence-electron chi connectivity index (χ4n) is 8.06. The van der Waals surface area contributed by atoms with Gasteiger partial charge in [0.05, 0.1) is 38.6 Å². The maximum atomic E-state index is 13.1. The van der Waals surface area contributed by atoms with E-state index in [-0.39, 0.29) is 18.9 Å². The summed E-state index contributed by atoms with van der Waals surface area (Å²) >= 11 is 0. The molecule has 3 rings (SSSR count). The minimum atomic E-state index is -1.99. The van der Waals surface area contributed by atoms with Gasteiger partial charge in [-0.2, -0.15) is 0 Å². The molecule has 0 radical (unpaired) electrons. The summed E-state index contributed by atoms with van der Waals surface area (Å²) < 4.78 is 33.9. The van der Waals surface area contributed by atoms with Crippen LogP contribution in [0.25, 0.3) is 0 Å². The number of unbranched alkanes of at least 4 members (excludes halogenated alkanes) is 4. The number of carbonyl (C=O) groups is 1. The standard InChI is InChI=1S/C54H87NO18/c1-3-5-7-9-10-11-12-13-14-15-16-17-18-19-20-21-22-23-24-25-26-28-30-32-42(60)55-37(38(59)31-29-27-8-6-4-2)36-68-52-48(66)45(63)50(40(34-57)70-52)73-54-49(67)46(64)51(41(35-58)71-54)72-53-47(65)44(62)43(61)39(33-56)69-53/h5,7,10-11,13-14,16-17,19-20,22-23,25-26,29,31,37-41,43-54,56-59,61-67H,3-4,6,8-9,12,15,18,21,24,27-28,30,32-36H2,1-2H3,(H,55,60)/b7-5-,11-10-,14-13-,17-16-,20-19-,23-22-,26-25-,31-29+. The van der Waals surface area contributed by atoms with Crippen LogP contribution in [0.4, 0.5) is 0 Å². The van der Waals surface area contributed by atoms with Crippen LogP contribution in [-0.4, -0.2) is 193 Å². The van der Waals surface area contributed by atoms with E-state index < -0.39 is 124 Å². The Labute approximate surface area is 431 Å². The summed E-state index contributed by atoms with van der Waals surface area (Å²) in [6.07, 6.45) is 17.7. The van der Waals surface area contributed by atoms with Crippen LogP contribution in [-0.2, 0) is 33.2 Å². The van der Waals surface area contributed by atoms with Gasteiger partial charge in [-0.15, -0.1) is 0 Å². The Morgan fingerprint density at radius 3 is 1.41 bits per heavy atom. The van der Waals surface area contributed by atoms with Gasteiger partial charge < -0.3 is 89.9 Å². The zero-order valence-corrected chi connectivity index (χ0v) is 42.6. The lowest BCUT2D eigenvalue weighted by molar-refractivity contribution is -0.379. The SMILES string of the molecule is CC/C=C\C/C=C\C/C=C\C/C=C\C/C=C\C/C=C\C/C=C\CCCC(=O)NC(COC1OC(CO)C(OC2OC(CO)C(OC3OC(CO)C(O)C(O)C3O)C(O)C2O)C(O)C1O)C(O)/C=C/CCCCC. The Balaban J connectivity index is 1.47. The minimum absolute atomic E-state index is 0.155. The molecule has 3 fully saturated rings. The van der Waals surface area contributed by atoms with Crippen LogP contribution in [0.1, 0.15) is 104 Å². The monoisotopic (exact) mass is 1040 g/mol. The summed E-state index contributed by atoms with van der Waals surface area (Å²) in [5.41, 5.74) is 0. The molecule has 3 aliphatic rings. The normalized spacial score (nSPS) is 32.5. The van der Waals surface area contributed by atoms with Gasteiger partial charge in [-0.3, -0.25) is 4.79 Å². The predicted molar refractivity (Wildman–Crippen MR) is 272 cm³/mol. The third kappa shape index (κ3) is 22.8. The topological polar surface area (TPSA) is 307 Å². The zero-order valence-electron chi connectivity index (χ0n) is 42.6. The number of carbonyl (C=O) groups excluding carboxylic acids is 1. The van der Waals surface area contributed by atoms with Gasteiger partial charge in [0.25, 0.3) is 0 Å². The fourth-order valence-corrected chi connectivity index (χ4v) is 8.06. The van der Waals surface area contributed by atoms with Gasteiger partial charge in [0.2, 0.25) is 5.91 Å². The van der Waals surface area contributed by atoms with E-state index in [9.17, 15) is 61.0 Å². The summed E-state index contributed by atoms with van der Waals surface area (Å²) in [7, 11) is 0. The number of allylic oxidation sites excluding steroid dienone is 15. The van der Waals surface area contributed by atoms with Crippen molar-refractivity contribution in [2.75, 3.05) is 26.4 Å². The van der Waals surface area contributed by atoms with E-state index in [1.807, 2.05) is 18.2 Å². The van der Waals surface area contributed by atoms with Crippen LogP contribution in [0.3, 0.4) is 0 Å². The van der Waals surface area contributed by atoms with E-state index in [1.165, 1.54) is 0 Å². The van der Waals surface area contributed by atoms with Crippen LogP contribution in [0, 0.1) is 0 Å². The third-order valence-corrected chi connectivity index (χ3v) is 12.4. The van der Waals surface area contributed by atoms with Gasteiger partial charge in [-0.1, -0.05) is 124 Å². The van der Waals surface area contributed by atoms with Gasteiger partial charge >= 0.3 is 0 Å². The molecule has 73 heavy (non-hydrogen) atoms. The molecule has 3 aliphatic heterocycles. The lowest BCUT2D eigenvalue weighted by atomic mass is 9.96. The molecule has 0 aromatic carbocycles. The number of hydrogen-bond acceptors (Lipinski definition) is 18. The molecule has 0 spiro atoms. The van der Waals surface area contributed by atoms with Crippen molar-refractivity contribution in [1.82, 2.24) is 5.32 Å². The maximum Gasteiger partial charge on any atom is 0.220 e. The summed E-state index contributed by atoms with van der Waals surface area (Å²) in [6, 6.07) is -1.01. The van der Waals surface area contributed by atoms with Gasteiger partial charge in [0, 0.05) is 6.42 Å². The Morgan fingerprint density at radius 1 is 0.507 bits per heavy atom. The van der Waals surface area contributed by atoms with Crippen molar-refractivity contribution in [3.05, 3.63) is 97.2 Å². The van der Waals surface area contributed by atoms with Crippen molar-refractivity contribution < 1.29 is 89.4 Å². The second-order valence-electron chi connectivity index (χ2n) is 18.2. The maximum absolute atomic E-state index is 13.1. The van der Waals surface area contributed by atoms with Crippen LogP contribution in [0.15, 0.2) is 97.2 Å². The van der Waals surface area contributed by atoms with Gasteiger partial charge in [-0.05, 0) is 70.6 Å². The molecule has 0 aliphatic carbocycles. The number of nitrogens with one attached hydrogen (secondary N) is 1. The number of aliphatic hydroxyl groups is 11. The molecule has 17 unspecified atom stereocenters.